The Hall–Kier alpha value is -3.45. The second-order valence-corrected chi connectivity index (χ2v) is 9.10. The molecular weight excluding hydrogens is 412 g/mol. The summed E-state index contributed by atoms with van der Waals surface area (Å²) in [5, 5.41) is 4.29. The fourth-order valence-electron chi connectivity index (χ4n) is 3.87. The van der Waals surface area contributed by atoms with Crippen molar-refractivity contribution >= 4 is 21.7 Å². The van der Waals surface area contributed by atoms with E-state index < -0.39 is 21.6 Å². The third-order valence-corrected chi connectivity index (χ3v) is 6.49. The Morgan fingerprint density at radius 2 is 1.61 bits per heavy atom. The van der Waals surface area contributed by atoms with Gasteiger partial charge in [0.2, 0.25) is 5.60 Å². The van der Waals surface area contributed by atoms with E-state index in [1.54, 1.807) is 12.1 Å². The number of fused-ring (bicyclic) bond motifs is 1. The van der Waals surface area contributed by atoms with E-state index in [1.807, 2.05) is 61.5 Å². The predicted octanol–water partition coefficient (Wildman–Crippen LogP) is 3.69. The van der Waals surface area contributed by atoms with Gasteiger partial charge in [0.15, 0.2) is 0 Å². The highest BCUT2D eigenvalue weighted by Crippen LogP contribution is 2.43. The van der Waals surface area contributed by atoms with Gasteiger partial charge in [-0.05, 0) is 24.6 Å². The average molecular weight is 435 g/mol. The monoisotopic (exact) mass is 434 g/mol. The Morgan fingerprint density at radius 3 is 2.29 bits per heavy atom. The maximum absolute atomic E-state index is 12.8. The fourth-order valence-corrected chi connectivity index (χ4v) is 4.70. The molecule has 3 aromatic rings. The maximum atomic E-state index is 12.8. The van der Waals surface area contributed by atoms with Gasteiger partial charge in [-0.15, -0.1) is 0 Å². The lowest BCUT2D eigenvalue weighted by Gasteiger charge is -2.31. The van der Waals surface area contributed by atoms with Crippen LogP contribution in [0.1, 0.15) is 29.2 Å². The SMILES string of the molecule is CC(=O)OC1(c2ccccc2)/C(=N/NS(=O)(=O)c2ccc(C)cc2)Cc2ccccc21. The summed E-state index contributed by atoms with van der Waals surface area (Å²) in [6.07, 6.45) is 0.342. The first-order valence-corrected chi connectivity index (χ1v) is 11.3. The van der Waals surface area contributed by atoms with Crippen molar-refractivity contribution in [2.75, 3.05) is 0 Å². The van der Waals surface area contributed by atoms with Crippen LogP contribution < -0.4 is 4.83 Å². The molecule has 0 spiro atoms. The van der Waals surface area contributed by atoms with Crippen LogP contribution in [0.5, 0.6) is 0 Å². The lowest BCUT2D eigenvalue weighted by molar-refractivity contribution is -0.148. The molecule has 158 valence electrons. The van der Waals surface area contributed by atoms with Gasteiger partial charge in [0.25, 0.3) is 10.0 Å². The van der Waals surface area contributed by atoms with Gasteiger partial charge < -0.3 is 4.74 Å². The molecule has 0 bridgehead atoms. The lowest BCUT2D eigenvalue weighted by atomic mass is 9.86. The number of nitrogens with zero attached hydrogens (tertiary/aromatic N) is 1. The summed E-state index contributed by atoms with van der Waals surface area (Å²) >= 11 is 0. The zero-order chi connectivity index (χ0) is 22.1. The maximum Gasteiger partial charge on any atom is 0.304 e. The van der Waals surface area contributed by atoms with E-state index in [4.69, 9.17) is 4.74 Å². The van der Waals surface area contributed by atoms with Crippen molar-refractivity contribution in [3.8, 4) is 0 Å². The molecule has 1 aliphatic carbocycles. The molecule has 1 aliphatic rings. The van der Waals surface area contributed by atoms with Crippen molar-refractivity contribution in [3.63, 3.8) is 0 Å². The number of nitrogens with one attached hydrogen (secondary N) is 1. The molecule has 1 unspecified atom stereocenters. The van der Waals surface area contributed by atoms with Gasteiger partial charge in [-0.3, -0.25) is 4.79 Å². The highest BCUT2D eigenvalue weighted by atomic mass is 32.2. The molecular formula is C24H22N2O4S. The molecule has 0 saturated heterocycles. The summed E-state index contributed by atoms with van der Waals surface area (Å²) in [5.74, 6) is -0.491. The number of hydrazone groups is 1. The largest absolute Gasteiger partial charge is 0.443 e. The Morgan fingerprint density at radius 1 is 0.968 bits per heavy atom. The van der Waals surface area contributed by atoms with Crippen molar-refractivity contribution < 1.29 is 17.9 Å². The fraction of sp³-hybridized carbons (Fsp3) is 0.167. The first-order chi connectivity index (χ1) is 14.8. The van der Waals surface area contributed by atoms with E-state index in [9.17, 15) is 13.2 Å². The third-order valence-electron chi connectivity index (χ3n) is 5.27. The van der Waals surface area contributed by atoms with Crippen molar-refractivity contribution in [2.24, 2.45) is 5.10 Å². The van der Waals surface area contributed by atoms with Gasteiger partial charge in [-0.1, -0.05) is 72.3 Å². The van der Waals surface area contributed by atoms with Crippen LogP contribution in [0, 0.1) is 6.92 Å². The van der Waals surface area contributed by atoms with Crippen LogP contribution in [0.25, 0.3) is 0 Å². The number of hydrogen-bond acceptors (Lipinski definition) is 5. The van der Waals surface area contributed by atoms with Crippen LogP contribution >= 0.6 is 0 Å². The van der Waals surface area contributed by atoms with Gasteiger partial charge in [0.1, 0.15) is 0 Å². The predicted molar refractivity (Wildman–Crippen MR) is 118 cm³/mol. The number of carbonyl (C=O) groups is 1. The highest BCUT2D eigenvalue weighted by Gasteiger charge is 2.49. The second kappa shape index (κ2) is 8.00. The molecule has 0 aromatic heterocycles. The van der Waals surface area contributed by atoms with E-state index >= 15 is 0 Å². The molecule has 1 N–H and O–H groups in total. The van der Waals surface area contributed by atoms with Gasteiger partial charge in [-0.2, -0.15) is 18.4 Å². The Labute approximate surface area is 181 Å². The van der Waals surface area contributed by atoms with Crippen molar-refractivity contribution in [1.82, 2.24) is 4.83 Å². The molecule has 0 fully saturated rings. The summed E-state index contributed by atoms with van der Waals surface area (Å²) in [7, 11) is -3.89. The number of esters is 1. The summed E-state index contributed by atoms with van der Waals surface area (Å²) in [5.41, 5.74) is 2.42. The summed E-state index contributed by atoms with van der Waals surface area (Å²) in [6.45, 7) is 3.22. The number of rotatable bonds is 5. The quantitative estimate of drug-likeness (QED) is 0.490. The molecule has 0 amide bonds. The number of benzene rings is 3. The van der Waals surface area contributed by atoms with Crippen molar-refractivity contribution in [1.29, 1.82) is 0 Å². The van der Waals surface area contributed by atoms with Gasteiger partial charge >= 0.3 is 5.97 Å². The molecule has 0 saturated carbocycles. The van der Waals surface area contributed by atoms with E-state index in [1.165, 1.54) is 19.1 Å². The molecule has 1 atom stereocenters. The molecule has 7 heteroatoms. The highest BCUT2D eigenvalue weighted by molar-refractivity contribution is 7.89. The van der Waals surface area contributed by atoms with E-state index in [0.29, 0.717) is 17.7 Å². The number of sulfonamides is 1. The van der Waals surface area contributed by atoms with Crippen LogP contribution in [-0.4, -0.2) is 20.1 Å². The minimum Gasteiger partial charge on any atom is -0.443 e. The van der Waals surface area contributed by atoms with E-state index in [2.05, 4.69) is 9.93 Å². The standard InChI is InChI=1S/C24H22N2O4S/c1-17-12-14-21(15-13-17)31(28,29)26-25-23-16-19-8-6-7-11-22(19)24(23,30-18(2)27)20-9-4-3-5-10-20/h3-15,26H,16H2,1-2H3/b25-23+. The molecule has 31 heavy (non-hydrogen) atoms. The van der Waals surface area contributed by atoms with Crippen molar-refractivity contribution in [2.45, 2.75) is 30.8 Å². The van der Waals surface area contributed by atoms with Crippen LogP contribution in [-0.2, 0) is 31.6 Å². The summed E-state index contributed by atoms with van der Waals surface area (Å²) < 4.78 is 31.5. The first kappa shape index (κ1) is 20.8. The van der Waals surface area contributed by atoms with Gasteiger partial charge in [0.05, 0.1) is 10.6 Å². The Bertz CT molecular complexity index is 1250. The molecule has 4 rings (SSSR count). The Kier molecular flexibility index (Phi) is 5.37. The van der Waals surface area contributed by atoms with Crippen LogP contribution in [0.4, 0.5) is 0 Å². The minimum atomic E-state index is -3.89. The zero-order valence-corrected chi connectivity index (χ0v) is 18.0. The topological polar surface area (TPSA) is 84.8 Å². The smallest absolute Gasteiger partial charge is 0.304 e. The van der Waals surface area contributed by atoms with Crippen LogP contribution in [0.15, 0.2) is 88.9 Å². The van der Waals surface area contributed by atoms with Gasteiger partial charge in [0, 0.05) is 24.5 Å². The first-order valence-electron chi connectivity index (χ1n) is 9.82. The van der Waals surface area contributed by atoms with E-state index in [0.717, 1.165) is 16.7 Å². The van der Waals surface area contributed by atoms with Gasteiger partial charge in [-0.25, -0.2) is 0 Å². The second-order valence-electron chi connectivity index (χ2n) is 7.44. The number of aryl methyl sites for hydroxylation is 1. The summed E-state index contributed by atoms with van der Waals surface area (Å²) in [6, 6.07) is 23.3. The molecule has 3 aromatic carbocycles. The zero-order valence-electron chi connectivity index (χ0n) is 17.2. The summed E-state index contributed by atoms with van der Waals surface area (Å²) in [4.78, 5) is 14.6. The number of carbonyl (C=O) groups excluding carboxylic acids is 1. The number of ether oxygens (including phenoxy) is 1. The molecule has 0 aliphatic heterocycles. The Balaban J connectivity index is 1.84. The molecule has 0 radical (unpaired) electrons. The average Bonchev–Trinajstić information content (AvgIpc) is 3.07. The minimum absolute atomic E-state index is 0.107. The number of hydrogen-bond donors (Lipinski definition) is 1. The van der Waals surface area contributed by atoms with E-state index in [-0.39, 0.29) is 4.90 Å². The molecule has 0 heterocycles. The third kappa shape index (κ3) is 3.84. The molecule has 6 nitrogen and oxygen atoms in total. The van der Waals surface area contributed by atoms with Crippen LogP contribution in [0.2, 0.25) is 0 Å². The lowest BCUT2D eigenvalue weighted by Crippen LogP contribution is -2.39. The van der Waals surface area contributed by atoms with Crippen LogP contribution in [0.3, 0.4) is 0 Å². The van der Waals surface area contributed by atoms with Crippen molar-refractivity contribution in [3.05, 3.63) is 101 Å². The normalized spacial score (nSPS) is 19.1.